The summed E-state index contributed by atoms with van der Waals surface area (Å²) in [6.07, 6.45) is 2.45. The van der Waals surface area contributed by atoms with E-state index in [0.29, 0.717) is 6.04 Å². The van der Waals surface area contributed by atoms with Gasteiger partial charge in [-0.2, -0.15) is 0 Å². The number of piperidine rings is 1. The zero-order valence-electron chi connectivity index (χ0n) is 12.7. The Morgan fingerprint density at radius 3 is 2.50 bits per heavy atom. The lowest BCUT2D eigenvalue weighted by Crippen LogP contribution is -2.42. The Balaban J connectivity index is 1.71. The van der Waals surface area contributed by atoms with Crippen molar-refractivity contribution in [2.45, 2.75) is 32.4 Å². The summed E-state index contributed by atoms with van der Waals surface area (Å²) in [6, 6.07) is 8.93. The fourth-order valence-corrected chi connectivity index (χ4v) is 2.68. The summed E-state index contributed by atoms with van der Waals surface area (Å²) < 4.78 is 5.17. The molecule has 0 radical (unpaired) electrons. The normalized spacial score (nSPS) is 17.1. The molecule has 0 amide bonds. The fourth-order valence-electron chi connectivity index (χ4n) is 2.68. The molecule has 0 aliphatic carbocycles. The Hall–Kier alpha value is -1.32. The van der Waals surface area contributed by atoms with Crippen LogP contribution in [0, 0.1) is 0 Å². The van der Waals surface area contributed by atoms with Crippen LogP contribution in [0.2, 0.25) is 0 Å². The Morgan fingerprint density at radius 2 is 1.95 bits per heavy atom. The van der Waals surface area contributed by atoms with Crippen LogP contribution in [0.5, 0.6) is 5.75 Å². The van der Waals surface area contributed by atoms with Crippen molar-refractivity contribution in [3.63, 3.8) is 0 Å². The molecule has 0 aromatic heterocycles. The molecule has 110 valence electrons. The molecule has 2 rings (SSSR count). The highest BCUT2D eigenvalue weighted by Crippen LogP contribution is 2.14. The van der Waals surface area contributed by atoms with Crippen molar-refractivity contribution < 1.29 is 4.74 Å². The lowest BCUT2D eigenvalue weighted by Gasteiger charge is -2.32. The van der Waals surface area contributed by atoms with Gasteiger partial charge in [-0.1, -0.05) is 24.3 Å². The predicted octanol–water partition coefficient (Wildman–Crippen LogP) is 2.83. The average Bonchev–Trinajstić information content (AvgIpc) is 2.46. The van der Waals surface area contributed by atoms with Crippen LogP contribution < -0.4 is 10.1 Å². The van der Waals surface area contributed by atoms with Crippen molar-refractivity contribution in [2.24, 2.45) is 0 Å². The second kappa shape index (κ2) is 7.46. The number of hydrogen-bond acceptors (Lipinski definition) is 3. The molecular weight excluding hydrogens is 248 g/mol. The van der Waals surface area contributed by atoms with Crippen molar-refractivity contribution >= 4 is 0 Å². The maximum atomic E-state index is 5.17. The molecule has 1 heterocycles. The number of likely N-dealkylation sites (tertiary alicyclic amines) is 1. The summed E-state index contributed by atoms with van der Waals surface area (Å²) in [5.41, 5.74) is 2.57. The van der Waals surface area contributed by atoms with E-state index >= 15 is 0 Å². The van der Waals surface area contributed by atoms with Gasteiger partial charge >= 0.3 is 0 Å². The molecule has 1 aliphatic rings. The second-order valence-electron chi connectivity index (χ2n) is 5.74. The Kier molecular flexibility index (Phi) is 5.62. The Bertz CT molecular complexity index is 419. The van der Waals surface area contributed by atoms with Gasteiger partial charge in [0.1, 0.15) is 5.75 Å². The van der Waals surface area contributed by atoms with Gasteiger partial charge in [-0.25, -0.2) is 0 Å². The SMILES string of the molecule is C=C(C)CN1CCC(NCc2ccc(OC)cc2)CC1. The lowest BCUT2D eigenvalue weighted by atomic mass is 10.0. The molecule has 1 aromatic rings. The number of methoxy groups -OCH3 is 1. The van der Waals surface area contributed by atoms with E-state index in [1.54, 1.807) is 7.11 Å². The first kappa shape index (κ1) is 15.1. The quantitative estimate of drug-likeness (QED) is 0.807. The fraction of sp³-hybridized carbons (Fsp3) is 0.529. The van der Waals surface area contributed by atoms with E-state index in [1.807, 2.05) is 12.1 Å². The summed E-state index contributed by atoms with van der Waals surface area (Å²) in [7, 11) is 1.70. The van der Waals surface area contributed by atoms with Gasteiger partial charge in [-0.3, -0.25) is 4.90 Å². The molecule has 0 bridgehead atoms. The van der Waals surface area contributed by atoms with Crippen LogP contribution >= 0.6 is 0 Å². The van der Waals surface area contributed by atoms with Gasteiger partial charge in [-0.05, 0) is 50.6 Å². The average molecular weight is 274 g/mol. The van der Waals surface area contributed by atoms with Gasteiger partial charge in [0.25, 0.3) is 0 Å². The van der Waals surface area contributed by atoms with Crippen molar-refractivity contribution in [3.05, 3.63) is 42.0 Å². The van der Waals surface area contributed by atoms with E-state index < -0.39 is 0 Å². The summed E-state index contributed by atoms with van der Waals surface area (Å²) in [6.45, 7) is 10.4. The van der Waals surface area contributed by atoms with Gasteiger partial charge in [-0.15, -0.1) is 0 Å². The van der Waals surface area contributed by atoms with Crippen molar-refractivity contribution in [2.75, 3.05) is 26.7 Å². The summed E-state index contributed by atoms with van der Waals surface area (Å²) in [4.78, 5) is 2.49. The predicted molar refractivity (Wildman–Crippen MR) is 84.1 cm³/mol. The first-order chi connectivity index (χ1) is 9.67. The minimum Gasteiger partial charge on any atom is -0.497 e. The molecular formula is C17H26N2O. The zero-order chi connectivity index (χ0) is 14.4. The van der Waals surface area contributed by atoms with Crippen LogP contribution in [0.4, 0.5) is 0 Å². The third-order valence-corrected chi connectivity index (χ3v) is 3.84. The van der Waals surface area contributed by atoms with Crippen LogP contribution in [0.15, 0.2) is 36.4 Å². The third kappa shape index (κ3) is 4.66. The number of nitrogens with zero attached hydrogens (tertiary/aromatic N) is 1. The van der Waals surface area contributed by atoms with Crippen molar-refractivity contribution in [1.82, 2.24) is 10.2 Å². The maximum Gasteiger partial charge on any atom is 0.118 e. The van der Waals surface area contributed by atoms with Crippen molar-refractivity contribution in [1.29, 1.82) is 0 Å². The summed E-state index contributed by atoms with van der Waals surface area (Å²) in [5.74, 6) is 0.918. The first-order valence-electron chi connectivity index (χ1n) is 7.40. The smallest absolute Gasteiger partial charge is 0.118 e. The van der Waals surface area contributed by atoms with E-state index in [2.05, 4.69) is 35.9 Å². The number of benzene rings is 1. The molecule has 1 N–H and O–H groups in total. The number of nitrogens with one attached hydrogen (secondary N) is 1. The Labute approximate surface area is 122 Å². The van der Waals surface area contributed by atoms with Gasteiger partial charge in [0.05, 0.1) is 7.11 Å². The maximum absolute atomic E-state index is 5.17. The molecule has 1 aliphatic heterocycles. The van der Waals surface area contributed by atoms with Crippen LogP contribution in [0.1, 0.15) is 25.3 Å². The second-order valence-corrected chi connectivity index (χ2v) is 5.74. The van der Waals surface area contributed by atoms with Crippen LogP contribution in [0.3, 0.4) is 0 Å². The van der Waals surface area contributed by atoms with Crippen LogP contribution in [-0.4, -0.2) is 37.7 Å². The molecule has 1 saturated heterocycles. The molecule has 1 aromatic carbocycles. The zero-order valence-corrected chi connectivity index (χ0v) is 12.7. The number of hydrogen-bond donors (Lipinski definition) is 1. The standard InChI is InChI=1S/C17H26N2O/c1-14(2)13-19-10-8-16(9-11-19)18-12-15-4-6-17(20-3)7-5-15/h4-7,16,18H,1,8-13H2,2-3H3. The molecule has 20 heavy (non-hydrogen) atoms. The molecule has 0 unspecified atom stereocenters. The minimum absolute atomic E-state index is 0.637. The molecule has 3 heteroatoms. The monoisotopic (exact) mass is 274 g/mol. The lowest BCUT2D eigenvalue weighted by molar-refractivity contribution is 0.211. The highest BCUT2D eigenvalue weighted by molar-refractivity contribution is 5.27. The highest BCUT2D eigenvalue weighted by atomic mass is 16.5. The number of rotatable bonds is 6. The first-order valence-corrected chi connectivity index (χ1v) is 7.40. The minimum atomic E-state index is 0.637. The van der Waals surface area contributed by atoms with Crippen LogP contribution in [0.25, 0.3) is 0 Å². The molecule has 0 spiro atoms. The number of ether oxygens (including phenoxy) is 1. The molecule has 3 nitrogen and oxygen atoms in total. The molecule has 1 fully saturated rings. The van der Waals surface area contributed by atoms with E-state index in [0.717, 1.165) is 18.8 Å². The Morgan fingerprint density at radius 1 is 1.30 bits per heavy atom. The van der Waals surface area contributed by atoms with Crippen molar-refractivity contribution in [3.8, 4) is 5.75 Å². The van der Waals surface area contributed by atoms with Gasteiger partial charge < -0.3 is 10.1 Å². The van der Waals surface area contributed by atoms with E-state index in [-0.39, 0.29) is 0 Å². The van der Waals surface area contributed by atoms with E-state index in [4.69, 9.17) is 4.74 Å². The highest BCUT2D eigenvalue weighted by Gasteiger charge is 2.18. The van der Waals surface area contributed by atoms with E-state index in [1.165, 1.54) is 37.1 Å². The molecule has 0 saturated carbocycles. The van der Waals surface area contributed by atoms with Gasteiger partial charge in [0.2, 0.25) is 0 Å². The summed E-state index contributed by atoms with van der Waals surface area (Å²) >= 11 is 0. The van der Waals surface area contributed by atoms with Crippen LogP contribution in [-0.2, 0) is 6.54 Å². The summed E-state index contributed by atoms with van der Waals surface area (Å²) in [5, 5.41) is 3.66. The topological polar surface area (TPSA) is 24.5 Å². The third-order valence-electron chi connectivity index (χ3n) is 3.84. The largest absolute Gasteiger partial charge is 0.497 e. The van der Waals surface area contributed by atoms with Gasteiger partial charge in [0, 0.05) is 19.1 Å². The van der Waals surface area contributed by atoms with E-state index in [9.17, 15) is 0 Å². The molecule has 0 atom stereocenters. The van der Waals surface area contributed by atoms with Gasteiger partial charge in [0.15, 0.2) is 0 Å².